The predicted octanol–water partition coefficient (Wildman–Crippen LogP) is 3.34. The number of sulfonamides is 1. The molecule has 5 nitrogen and oxygen atoms in total. The van der Waals surface area contributed by atoms with Crippen molar-refractivity contribution in [3.8, 4) is 0 Å². The van der Waals surface area contributed by atoms with Gasteiger partial charge in [-0.15, -0.1) is 0 Å². The summed E-state index contributed by atoms with van der Waals surface area (Å²) >= 11 is 0. The molecule has 0 aliphatic carbocycles. The van der Waals surface area contributed by atoms with Crippen molar-refractivity contribution in [2.75, 3.05) is 11.9 Å². The molecule has 25 heavy (non-hydrogen) atoms. The summed E-state index contributed by atoms with van der Waals surface area (Å²) in [6.45, 7) is 7.57. The molecule has 2 aromatic rings. The van der Waals surface area contributed by atoms with Crippen molar-refractivity contribution in [1.29, 1.82) is 0 Å². The topological polar surface area (TPSA) is 75.3 Å². The molecule has 0 aromatic heterocycles. The summed E-state index contributed by atoms with van der Waals surface area (Å²) < 4.78 is 26.8. The third-order valence-electron chi connectivity index (χ3n) is 3.95. The number of nitrogens with one attached hydrogen (secondary N) is 2. The Hall–Kier alpha value is -2.18. The van der Waals surface area contributed by atoms with Gasteiger partial charge < -0.3 is 5.32 Å². The van der Waals surface area contributed by atoms with E-state index in [4.69, 9.17) is 0 Å². The molecule has 0 atom stereocenters. The number of carbonyl (C=O) groups excluding carboxylic acids is 1. The van der Waals surface area contributed by atoms with E-state index >= 15 is 0 Å². The summed E-state index contributed by atoms with van der Waals surface area (Å²) in [4.78, 5) is 12.4. The molecule has 1 amide bonds. The quantitative estimate of drug-likeness (QED) is 0.829. The smallest absolute Gasteiger partial charge is 0.241 e. The van der Waals surface area contributed by atoms with Gasteiger partial charge in [0.25, 0.3) is 0 Å². The first-order chi connectivity index (χ1) is 11.7. The van der Waals surface area contributed by atoms with Crippen LogP contribution in [0, 0.1) is 13.8 Å². The summed E-state index contributed by atoms with van der Waals surface area (Å²) in [5, 5.41) is 2.83. The Labute approximate surface area is 149 Å². The van der Waals surface area contributed by atoms with E-state index in [1.165, 1.54) is 12.1 Å². The lowest BCUT2D eigenvalue weighted by atomic mass is 9.98. The summed E-state index contributed by atoms with van der Waals surface area (Å²) in [5.41, 5.74) is 3.69. The van der Waals surface area contributed by atoms with Crippen LogP contribution in [0.2, 0.25) is 0 Å². The number of benzene rings is 2. The molecular formula is C19H24N2O3S. The first-order valence-electron chi connectivity index (χ1n) is 8.16. The van der Waals surface area contributed by atoms with Crippen LogP contribution in [0.15, 0.2) is 47.4 Å². The van der Waals surface area contributed by atoms with Gasteiger partial charge in [-0.05, 0) is 43.0 Å². The second-order valence-electron chi connectivity index (χ2n) is 6.38. The first-order valence-corrected chi connectivity index (χ1v) is 9.64. The largest absolute Gasteiger partial charge is 0.324 e. The highest BCUT2D eigenvalue weighted by Gasteiger charge is 2.17. The molecule has 0 saturated heterocycles. The van der Waals surface area contributed by atoms with Crippen molar-refractivity contribution in [3.63, 3.8) is 0 Å². The maximum atomic E-state index is 12.3. The lowest BCUT2D eigenvalue weighted by Crippen LogP contribution is -2.33. The number of para-hydroxylation sites is 1. The predicted molar refractivity (Wildman–Crippen MR) is 100 cm³/mol. The second kappa shape index (κ2) is 7.80. The average molecular weight is 360 g/mol. The van der Waals surface area contributed by atoms with Crippen LogP contribution in [-0.4, -0.2) is 20.9 Å². The molecule has 0 heterocycles. The summed E-state index contributed by atoms with van der Waals surface area (Å²) in [6, 6.07) is 12.3. The number of amides is 1. The van der Waals surface area contributed by atoms with Gasteiger partial charge in [-0.2, -0.15) is 0 Å². The molecule has 0 saturated carbocycles. The minimum absolute atomic E-state index is 0.143. The van der Waals surface area contributed by atoms with E-state index in [9.17, 15) is 13.2 Å². The molecular weight excluding hydrogens is 336 g/mol. The molecule has 2 aromatic carbocycles. The zero-order chi connectivity index (χ0) is 18.6. The van der Waals surface area contributed by atoms with E-state index in [1.54, 1.807) is 12.1 Å². The fourth-order valence-electron chi connectivity index (χ4n) is 2.49. The van der Waals surface area contributed by atoms with Crippen LogP contribution in [0.1, 0.15) is 36.5 Å². The number of hydrogen-bond donors (Lipinski definition) is 2. The van der Waals surface area contributed by atoms with E-state index < -0.39 is 15.9 Å². The average Bonchev–Trinajstić information content (AvgIpc) is 2.55. The van der Waals surface area contributed by atoms with Crippen molar-refractivity contribution in [1.82, 2.24) is 4.72 Å². The molecule has 0 aliphatic rings. The van der Waals surface area contributed by atoms with Crippen molar-refractivity contribution >= 4 is 21.6 Å². The summed E-state index contributed by atoms with van der Waals surface area (Å²) in [5.74, 6) is -0.147. The highest BCUT2D eigenvalue weighted by molar-refractivity contribution is 7.89. The molecule has 2 N–H and O–H groups in total. The van der Waals surface area contributed by atoms with Crippen molar-refractivity contribution < 1.29 is 13.2 Å². The number of anilines is 1. The molecule has 0 aliphatic heterocycles. The fraction of sp³-hybridized carbons (Fsp3) is 0.316. The van der Waals surface area contributed by atoms with Gasteiger partial charge in [0.1, 0.15) is 0 Å². The van der Waals surface area contributed by atoms with Gasteiger partial charge >= 0.3 is 0 Å². The monoisotopic (exact) mass is 360 g/mol. The zero-order valence-corrected chi connectivity index (χ0v) is 15.8. The fourth-order valence-corrected chi connectivity index (χ4v) is 3.47. The lowest BCUT2D eigenvalue weighted by molar-refractivity contribution is -0.115. The molecule has 0 spiro atoms. The number of hydrogen-bond acceptors (Lipinski definition) is 3. The van der Waals surface area contributed by atoms with Crippen LogP contribution in [0.4, 0.5) is 5.69 Å². The van der Waals surface area contributed by atoms with Crippen LogP contribution >= 0.6 is 0 Å². The summed E-state index contributed by atoms with van der Waals surface area (Å²) in [7, 11) is -3.71. The van der Waals surface area contributed by atoms with Gasteiger partial charge in [0.2, 0.25) is 15.9 Å². The molecule has 0 fully saturated rings. The Bertz CT molecular complexity index is 857. The molecule has 0 bridgehead atoms. The van der Waals surface area contributed by atoms with Gasteiger partial charge in [0, 0.05) is 5.69 Å². The highest BCUT2D eigenvalue weighted by Crippen LogP contribution is 2.27. The molecule has 6 heteroatoms. The number of aryl methyl sites for hydroxylation is 2. The van der Waals surface area contributed by atoms with Crippen LogP contribution < -0.4 is 10.0 Å². The van der Waals surface area contributed by atoms with E-state index in [0.29, 0.717) is 0 Å². The third kappa shape index (κ3) is 4.90. The van der Waals surface area contributed by atoms with E-state index in [2.05, 4.69) is 10.0 Å². The molecule has 2 rings (SSSR count). The van der Waals surface area contributed by atoms with Crippen LogP contribution in [0.3, 0.4) is 0 Å². The Morgan fingerprint density at radius 2 is 1.68 bits per heavy atom. The normalized spacial score (nSPS) is 11.6. The van der Waals surface area contributed by atoms with E-state index in [-0.39, 0.29) is 17.4 Å². The third-order valence-corrected chi connectivity index (χ3v) is 5.36. The Balaban J connectivity index is 2.08. The maximum Gasteiger partial charge on any atom is 0.241 e. The Kier molecular flexibility index (Phi) is 5.98. The number of rotatable bonds is 6. The van der Waals surface area contributed by atoms with E-state index in [0.717, 1.165) is 22.4 Å². The first kappa shape index (κ1) is 19.1. The van der Waals surface area contributed by atoms with Crippen LogP contribution in [0.25, 0.3) is 0 Å². The van der Waals surface area contributed by atoms with Gasteiger partial charge in [-0.25, -0.2) is 13.1 Å². The lowest BCUT2D eigenvalue weighted by Gasteiger charge is -2.16. The van der Waals surface area contributed by atoms with E-state index in [1.807, 2.05) is 45.9 Å². The Morgan fingerprint density at radius 1 is 1.04 bits per heavy atom. The van der Waals surface area contributed by atoms with Crippen molar-refractivity contribution in [2.24, 2.45) is 0 Å². The van der Waals surface area contributed by atoms with Gasteiger partial charge in [-0.3, -0.25) is 4.79 Å². The standard InChI is InChI=1S/C19H24N2O3S/c1-13(2)17-7-5-6-15(4)19(17)21-18(22)12-20-25(23,24)16-10-8-14(3)9-11-16/h5-11,13,20H,12H2,1-4H3,(H,21,22). The van der Waals surface area contributed by atoms with Crippen LogP contribution in [-0.2, 0) is 14.8 Å². The van der Waals surface area contributed by atoms with Gasteiger partial charge in [-0.1, -0.05) is 49.7 Å². The van der Waals surface area contributed by atoms with Gasteiger partial charge in [0.15, 0.2) is 0 Å². The van der Waals surface area contributed by atoms with Gasteiger partial charge in [0.05, 0.1) is 11.4 Å². The minimum Gasteiger partial charge on any atom is -0.324 e. The maximum absolute atomic E-state index is 12.3. The molecule has 0 radical (unpaired) electrons. The van der Waals surface area contributed by atoms with Crippen molar-refractivity contribution in [2.45, 2.75) is 38.5 Å². The molecule has 134 valence electrons. The minimum atomic E-state index is -3.71. The highest BCUT2D eigenvalue weighted by atomic mass is 32.2. The second-order valence-corrected chi connectivity index (χ2v) is 8.15. The molecule has 0 unspecified atom stereocenters. The van der Waals surface area contributed by atoms with Crippen LogP contribution in [0.5, 0.6) is 0 Å². The van der Waals surface area contributed by atoms with Crippen molar-refractivity contribution in [3.05, 3.63) is 59.2 Å². The number of carbonyl (C=O) groups is 1. The summed E-state index contributed by atoms with van der Waals surface area (Å²) in [6.07, 6.45) is 0. The SMILES string of the molecule is Cc1ccc(S(=O)(=O)NCC(=O)Nc2c(C)cccc2C(C)C)cc1. The zero-order valence-electron chi connectivity index (χ0n) is 15.0. The Morgan fingerprint density at radius 3 is 2.28 bits per heavy atom.